The van der Waals surface area contributed by atoms with Gasteiger partial charge in [-0.3, -0.25) is 0 Å². The number of hydrogen-bond donors (Lipinski definition) is 1. The third-order valence-corrected chi connectivity index (χ3v) is 3.08. The molecule has 3 nitrogen and oxygen atoms in total. The summed E-state index contributed by atoms with van der Waals surface area (Å²) in [4.78, 5) is 4.33. The average Bonchev–Trinajstić information content (AvgIpc) is 2.83. The van der Waals surface area contributed by atoms with Gasteiger partial charge in [-0.1, -0.05) is 13.0 Å². The van der Waals surface area contributed by atoms with Gasteiger partial charge in [0.05, 0.1) is 5.56 Å². The van der Waals surface area contributed by atoms with E-state index in [4.69, 9.17) is 10.2 Å². The van der Waals surface area contributed by atoms with Gasteiger partial charge < -0.3 is 10.2 Å². The zero-order valence-electron chi connectivity index (χ0n) is 10.5. The Kier molecular flexibility index (Phi) is 2.71. The van der Waals surface area contributed by atoms with Crippen LogP contribution < -0.4 is 5.73 Å². The molecule has 3 rings (SSSR count). The van der Waals surface area contributed by atoms with Gasteiger partial charge in [-0.25, -0.2) is 9.37 Å². The third-order valence-electron chi connectivity index (χ3n) is 3.08. The smallest absolute Gasteiger partial charge is 0.230 e. The van der Waals surface area contributed by atoms with Crippen LogP contribution in [0, 0.1) is 5.82 Å². The van der Waals surface area contributed by atoms with Gasteiger partial charge in [-0.05, 0) is 42.3 Å². The largest absolute Gasteiger partial charge is 0.436 e. The van der Waals surface area contributed by atoms with Crippen LogP contribution in [0.1, 0.15) is 12.5 Å². The van der Waals surface area contributed by atoms with Crippen LogP contribution in [0.3, 0.4) is 0 Å². The standard InChI is InChI=1S/C15H13FN2O/c1-2-9-3-6-14-13(7-9)18-15(19-14)11-8-10(17)4-5-12(11)16/h3-8H,2,17H2,1H3. The summed E-state index contributed by atoms with van der Waals surface area (Å²) in [5.41, 5.74) is 8.98. The summed E-state index contributed by atoms with van der Waals surface area (Å²) in [6, 6.07) is 10.1. The highest BCUT2D eigenvalue weighted by molar-refractivity contribution is 5.77. The van der Waals surface area contributed by atoms with E-state index in [1.807, 2.05) is 18.2 Å². The molecule has 1 aromatic heterocycles. The summed E-state index contributed by atoms with van der Waals surface area (Å²) < 4.78 is 19.4. The van der Waals surface area contributed by atoms with Crippen molar-refractivity contribution in [3.05, 3.63) is 47.8 Å². The maximum atomic E-state index is 13.8. The van der Waals surface area contributed by atoms with Crippen LogP contribution in [0.4, 0.5) is 10.1 Å². The molecule has 1 heterocycles. The Balaban J connectivity index is 2.17. The molecule has 0 fully saturated rings. The maximum absolute atomic E-state index is 13.8. The summed E-state index contributed by atoms with van der Waals surface area (Å²) in [7, 11) is 0. The van der Waals surface area contributed by atoms with Gasteiger partial charge in [0, 0.05) is 5.69 Å². The molecule has 2 N–H and O–H groups in total. The van der Waals surface area contributed by atoms with Gasteiger partial charge >= 0.3 is 0 Å². The molecule has 3 aromatic rings. The van der Waals surface area contributed by atoms with E-state index in [1.54, 1.807) is 0 Å². The quantitative estimate of drug-likeness (QED) is 0.710. The SMILES string of the molecule is CCc1ccc2oc(-c3cc(N)ccc3F)nc2c1. The van der Waals surface area contributed by atoms with Crippen molar-refractivity contribution in [3.8, 4) is 11.5 Å². The fourth-order valence-electron chi connectivity index (χ4n) is 2.01. The van der Waals surface area contributed by atoms with Crippen molar-refractivity contribution < 1.29 is 8.81 Å². The van der Waals surface area contributed by atoms with Crippen molar-refractivity contribution in [1.82, 2.24) is 4.98 Å². The topological polar surface area (TPSA) is 52.0 Å². The molecule has 2 aromatic carbocycles. The Morgan fingerprint density at radius 3 is 2.84 bits per heavy atom. The van der Waals surface area contributed by atoms with Crippen LogP contribution in [0.5, 0.6) is 0 Å². The lowest BCUT2D eigenvalue weighted by molar-refractivity contribution is 0.594. The first kappa shape index (κ1) is 11.7. The van der Waals surface area contributed by atoms with Crippen molar-refractivity contribution in [2.24, 2.45) is 0 Å². The number of nitrogens with zero attached hydrogens (tertiary/aromatic N) is 1. The molecule has 0 bridgehead atoms. The van der Waals surface area contributed by atoms with E-state index in [0.29, 0.717) is 11.3 Å². The molecule has 0 aliphatic rings. The van der Waals surface area contributed by atoms with Crippen LogP contribution in [-0.4, -0.2) is 4.98 Å². The van der Waals surface area contributed by atoms with Crippen molar-refractivity contribution in [3.63, 3.8) is 0 Å². The summed E-state index contributed by atoms with van der Waals surface area (Å²) in [6.07, 6.45) is 0.921. The predicted octanol–water partition coefficient (Wildman–Crippen LogP) is 3.78. The first-order valence-electron chi connectivity index (χ1n) is 6.12. The van der Waals surface area contributed by atoms with Crippen LogP contribution in [0.2, 0.25) is 0 Å². The minimum Gasteiger partial charge on any atom is -0.436 e. The number of halogens is 1. The van der Waals surface area contributed by atoms with Crippen LogP contribution >= 0.6 is 0 Å². The Bertz CT molecular complexity index is 749. The van der Waals surface area contributed by atoms with Gasteiger partial charge in [0.15, 0.2) is 5.58 Å². The zero-order valence-corrected chi connectivity index (χ0v) is 10.5. The molecule has 0 atom stereocenters. The third kappa shape index (κ3) is 2.05. The van der Waals surface area contributed by atoms with Crippen LogP contribution in [0.15, 0.2) is 40.8 Å². The monoisotopic (exact) mass is 256 g/mol. The van der Waals surface area contributed by atoms with Gasteiger partial charge in [0.1, 0.15) is 11.3 Å². The first-order valence-corrected chi connectivity index (χ1v) is 6.12. The van der Waals surface area contributed by atoms with E-state index in [-0.39, 0.29) is 11.5 Å². The predicted molar refractivity (Wildman–Crippen MR) is 73.2 cm³/mol. The molecule has 0 aliphatic heterocycles. The number of hydrogen-bond acceptors (Lipinski definition) is 3. The molecule has 0 radical (unpaired) electrons. The number of nitrogens with two attached hydrogens (primary N) is 1. The van der Waals surface area contributed by atoms with Gasteiger partial charge in [0.25, 0.3) is 0 Å². The fourth-order valence-corrected chi connectivity index (χ4v) is 2.01. The van der Waals surface area contributed by atoms with E-state index >= 15 is 0 Å². The second-order valence-electron chi connectivity index (χ2n) is 4.41. The van der Waals surface area contributed by atoms with E-state index in [9.17, 15) is 4.39 Å². The molecular weight excluding hydrogens is 243 g/mol. The second kappa shape index (κ2) is 4.39. The second-order valence-corrected chi connectivity index (χ2v) is 4.41. The Morgan fingerprint density at radius 1 is 1.21 bits per heavy atom. The molecule has 96 valence electrons. The lowest BCUT2D eigenvalue weighted by Crippen LogP contribution is -1.89. The Labute approximate surface area is 109 Å². The summed E-state index contributed by atoms with van der Waals surface area (Å²) >= 11 is 0. The van der Waals surface area contributed by atoms with E-state index in [0.717, 1.165) is 11.9 Å². The lowest BCUT2D eigenvalue weighted by atomic mass is 10.1. The number of nitrogen functional groups attached to an aromatic ring is 1. The average molecular weight is 256 g/mol. The van der Waals surface area contributed by atoms with Crippen LogP contribution in [0.25, 0.3) is 22.6 Å². The first-order chi connectivity index (χ1) is 9.17. The molecule has 0 aliphatic carbocycles. The maximum Gasteiger partial charge on any atom is 0.230 e. The number of benzene rings is 2. The summed E-state index contributed by atoms with van der Waals surface area (Å²) in [6.45, 7) is 2.07. The lowest BCUT2D eigenvalue weighted by Gasteiger charge is -1.99. The molecule has 0 saturated heterocycles. The highest BCUT2D eigenvalue weighted by atomic mass is 19.1. The minimum absolute atomic E-state index is 0.257. The molecule has 0 spiro atoms. The van der Waals surface area contributed by atoms with Crippen molar-refractivity contribution >= 4 is 16.8 Å². The minimum atomic E-state index is -0.392. The van der Waals surface area contributed by atoms with Crippen molar-refractivity contribution in [2.75, 3.05) is 5.73 Å². The van der Waals surface area contributed by atoms with E-state index in [2.05, 4.69) is 11.9 Å². The Hall–Kier alpha value is -2.36. The zero-order chi connectivity index (χ0) is 13.4. The molecule has 19 heavy (non-hydrogen) atoms. The number of fused-ring (bicyclic) bond motifs is 1. The fraction of sp³-hybridized carbons (Fsp3) is 0.133. The Morgan fingerprint density at radius 2 is 2.05 bits per heavy atom. The number of anilines is 1. The van der Waals surface area contributed by atoms with E-state index in [1.165, 1.54) is 23.8 Å². The molecular formula is C15H13FN2O. The van der Waals surface area contributed by atoms with Crippen molar-refractivity contribution in [1.29, 1.82) is 0 Å². The highest BCUT2D eigenvalue weighted by Gasteiger charge is 2.13. The molecule has 0 saturated carbocycles. The summed E-state index contributed by atoms with van der Waals surface area (Å²) in [5.74, 6) is -0.135. The molecule has 0 unspecified atom stereocenters. The van der Waals surface area contributed by atoms with E-state index < -0.39 is 5.82 Å². The van der Waals surface area contributed by atoms with Crippen LogP contribution in [-0.2, 0) is 6.42 Å². The van der Waals surface area contributed by atoms with Gasteiger partial charge in [-0.2, -0.15) is 0 Å². The van der Waals surface area contributed by atoms with Gasteiger partial charge in [0.2, 0.25) is 5.89 Å². The number of rotatable bonds is 2. The number of aryl methyl sites for hydroxylation is 1. The normalized spacial score (nSPS) is 11.1. The van der Waals surface area contributed by atoms with Gasteiger partial charge in [-0.15, -0.1) is 0 Å². The molecule has 4 heteroatoms. The number of aromatic nitrogens is 1. The summed E-state index contributed by atoms with van der Waals surface area (Å²) in [5, 5.41) is 0. The van der Waals surface area contributed by atoms with Crippen molar-refractivity contribution in [2.45, 2.75) is 13.3 Å². The number of oxazole rings is 1. The highest BCUT2D eigenvalue weighted by Crippen LogP contribution is 2.28. The molecule has 0 amide bonds.